The average molecular weight is 370 g/mol. The molecule has 0 radical (unpaired) electrons. The number of hydrogen-bond donors (Lipinski definition) is 2. The van der Waals surface area contributed by atoms with Gasteiger partial charge in [-0.05, 0) is 43.3 Å². The molecule has 3 rings (SSSR count). The van der Waals surface area contributed by atoms with E-state index in [-0.39, 0.29) is 11.3 Å². The maximum absolute atomic E-state index is 12.5. The molecular formula is C22H31N3O2. The quantitative estimate of drug-likeness (QED) is 0.818. The highest BCUT2D eigenvalue weighted by molar-refractivity contribution is 5.76. The summed E-state index contributed by atoms with van der Waals surface area (Å²) in [5, 5.41) is 10.8. The molecule has 27 heavy (non-hydrogen) atoms. The fourth-order valence-electron chi connectivity index (χ4n) is 3.62. The highest BCUT2D eigenvalue weighted by atomic mass is 16.5. The van der Waals surface area contributed by atoms with Crippen LogP contribution in [0.25, 0.3) is 0 Å². The maximum atomic E-state index is 12.5. The van der Waals surface area contributed by atoms with Crippen molar-refractivity contribution in [2.45, 2.75) is 52.0 Å². The van der Waals surface area contributed by atoms with Gasteiger partial charge in [-0.2, -0.15) is 0 Å². The van der Waals surface area contributed by atoms with Gasteiger partial charge >= 0.3 is 0 Å². The van der Waals surface area contributed by atoms with Crippen molar-refractivity contribution in [3.8, 4) is 0 Å². The molecule has 1 saturated heterocycles. The summed E-state index contributed by atoms with van der Waals surface area (Å²) in [6.45, 7) is 8.86. The largest absolute Gasteiger partial charge is 0.361 e. The van der Waals surface area contributed by atoms with E-state index in [4.69, 9.17) is 4.52 Å². The molecule has 1 aliphatic rings. The summed E-state index contributed by atoms with van der Waals surface area (Å²) < 4.78 is 5.52. The van der Waals surface area contributed by atoms with Gasteiger partial charge in [0.25, 0.3) is 0 Å². The van der Waals surface area contributed by atoms with Gasteiger partial charge in [-0.1, -0.05) is 56.3 Å². The molecule has 1 aliphatic heterocycles. The van der Waals surface area contributed by atoms with E-state index in [0.717, 1.165) is 42.9 Å². The Morgan fingerprint density at radius 1 is 1.26 bits per heavy atom. The van der Waals surface area contributed by atoms with E-state index in [2.05, 4.69) is 42.6 Å². The topological polar surface area (TPSA) is 67.2 Å². The molecule has 0 saturated carbocycles. The number of benzene rings is 1. The Labute approximate surface area is 161 Å². The number of nitrogens with one attached hydrogen (secondary N) is 2. The normalized spacial score (nSPS) is 20.4. The fourth-order valence-corrected chi connectivity index (χ4v) is 3.62. The van der Waals surface area contributed by atoms with E-state index >= 15 is 0 Å². The monoisotopic (exact) mass is 369 g/mol. The van der Waals surface area contributed by atoms with Crippen LogP contribution in [0.4, 0.5) is 0 Å². The second kappa shape index (κ2) is 8.70. The molecular weight excluding hydrogens is 338 g/mol. The highest BCUT2D eigenvalue weighted by Gasteiger charge is 2.29. The second-order valence-corrected chi connectivity index (χ2v) is 8.62. The predicted octanol–water partition coefficient (Wildman–Crippen LogP) is 3.45. The molecule has 5 heteroatoms. The lowest BCUT2D eigenvalue weighted by Crippen LogP contribution is -2.40. The number of aromatic nitrogens is 1. The molecule has 1 amide bonds. The van der Waals surface area contributed by atoms with Crippen molar-refractivity contribution in [3.63, 3.8) is 0 Å². The van der Waals surface area contributed by atoms with Gasteiger partial charge in [-0.3, -0.25) is 4.79 Å². The predicted molar refractivity (Wildman–Crippen MR) is 106 cm³/mol. The number of rotatable bonds is 6. The minimum Gasteiger partial charge on any atom is -0.361 e. The van der Waals surface area contributed by atoms with Crippen molar-refractivity contribution < 1.29 is 9.32 Å². The van der Waals surface area contributed by atoms with Crippen LogP contribution in [0.15, 0.2) is 40.9 Å². The van der Waals surface area contributed by atoms with Gasteiger partial charge in [-0.25, -0.2) is 0 Å². The Balaban J connectivity index is 1.55. The Bertz CT molecular complexity index is 734. The zero-order valence-corrected chi connectivity index (χ0v) is 16.6. The molecule has 0 bridgehead atoms. The van der Waals surface area contributed by atoms with Gasteiger partial charge in [-0.15, -0.1) is 0 Å². The lowest BCUT2D eigenvalue weighted by atomic mass is 9.81. The summed E-state index contributed by atoms with van der Waals surface area (Å²) in [6.07, 6.45) is 2.44. The van der Waals surface area contributed by atoms with Crippen molar-refractivity contribution in [1.82, 2.24) is 15.8 Å². The lowest BCUT2D eigenvalue weighted by molar-refractivity contribution is -0.122. The molecule has 0 aliphatic carbocycles. The summed E-state index contributed by atoms with van der Waals surface area (Å²) in [7, 11) is 0. The van der Waals surface area contributed by atoms with Gasteiger partial charge in [0.1, 0.15) is 5.76 Å². The third-order valence-corrected chi connectivity index (χ3v) is 5.31. The van der Waals surface area contributed by atoms with E-state index < -0.39 is 0 Å². The zero-order valence-electron chi connectivity index (χ0n) is 16.6. The molecule has 1 aromatic heterocycles. The molecule has 0 unspecified atom stereocenters. The molecule has 5 nitrogen and oxygen atoms in total. The Morgan fingerprint density at radius 2 is 2.04 bits per heavy atom. The first-order valence-corrected chi connectivity index (χ1v) is 9.89. The standard InChI is InChI=1S/C22H31N3O2/c1-22(2,3)20-13-19(25-27-20)11-18-15-23-10-9-17(18)12-21(26)24-14-16-7-5-4-6-8-16/h4-8,13,17-18,23H,9-12,14-15H2,1-3H3,(H,24,26)/t17-,18-/m0/s1. The highest BCUT2D eigenvalue weighted by Crippen LogP contribution is 2.28. The molecule has 1 aromatic carbocycles. The summed E-state index contributed by atoms with van der Waals surface area (Å²) in [5.74, 6) is 1.82. The first kappa shape index (κ1) is 19.6. The molecule has 2 atom stereocenters. The van der Waals surface area contributed by atoms with E-state index in [1.165, 1.54) is 0 Å². The smallest absolute Gasteiger partial charge is 0.220 e. The number of nitrogens with zero attached hydrogens (tertiary/aromatic N) is 1. The summed E-state index contributed by atoms with van der Waals surface area (Å²) in [4.78, 5) is 12.5. The summed E-state index contributed by atoms with van der Waals surface area (Å²) >= 11 is 0. The number of piperidine rings is 1. The van der Waals surface area contributed by atoms with Gasteiger partial charge in [0, 0.05) is 24.4 Å². The third kappa shape index (κ3) is 5.67. The first-order valence-electron chi connectivity index (χ1n) is 9.89. The Hall–Kier alpha value is -2.14. The van der Waals surface area contributed by atoms with Crippen LogP contribution in [0, 0.1) is 11.8 Å². The maximum Gasteiger partial charge on any atom is 0.220 e. The van der Waals surface area contributed by atoms with Crippen LogP contribution >= 0.6 is 0 Å². The van der Waals surface area contributed by atoms with Crippen LogP contribution in [0.5, 0.6) is 0 Å². The minimum absolute atomic E-state index is 0.0349. The minimum atomic E-state index is -0.0349. The van der Waals surface area contributed by atoms with Crippen molar-refractivity contribution in [2.24, 2.45) is 11.8 Å². The van der Waals surface area contributed by atoms with Crippen molar-refractivity contribution in [2.75, 3.05) is 13.1 Å². The number of carbonyl (C=O) groups excluding carboxylic acids is 1. The van der Waals surface area contributed by atoms with Crippen LogP contribution < -0.4 is 10.6 Å². The van der Waals surface area contributed by atoms with Crippen LogP contribution in [0.1, 0.15) is 50.6 Å². The van der Waals surface area contributed by atoms with Gasteiger partial charge in [0.2, 0.25) is 5.91 Å². The Kier molecular flexibility index (Phi) is 6.32. The fraction of sp³-hybridized carbons (Fsp3) is 0.545. The van der Waals surface area contributed by atoms with Crippen LogP contribution in [-0.4, -0.2) is 24.2 Å². The lowest BCUT2D eigenvalue weighted by Gasteiger charge is -2.31. The molecule has 2 N–H and O–H groups in total. The second-order valence-electron chi connectivity index (χ2n) is 8.62. The van der Waals surface area contributed by atoms with Crippen molar-refractivity contribution in [3.05, 3.63) is 53.4 Å². The SMILES string of the molecule is CC(C)(C)c1cc(C[C@H]2CNCC[C@H]2CC(=O)NCc2ccccc2)no1. The summed E-state index contributed by atoms with van der Waals surface area (Å²) in [6, 6.07) is 12.1. The molecule has 2 aromatic rings. The number of amides is 1. The molecule has 1 fully saturated rings. The summed E-state index contributed by atoms with van der Waals surface area (Å²) in [5.41, 5.74) is 2.08. The number of hydrogen-bond acceptors (Lipinski definition) is 4. The molecule has 0 spiro atoms. The van der Waals surface area contributed by atoms with Gasteiger partial charge < -0.3 is 15.2 Å². The van der Waals surface area contributed by atoms with Gasteiger partial charge in [0.05, 0.1) is 5.69 Å². The first-order chi connectivity index (χ1) is 12.9. The molecule has 146 valence electrons. The Morgan fingerprint density at radius 3 is 2.74 bits per heavy atom. The van der Waals surface area contributed by atoms with Crippen molar-refractivity contribution >= 4 is 5.91 Å². The van der Waals surface area contributed by atoms with E-state index in [1.54, 1.807) is 0 Å². The van der Waals surface area contributed by atoms with E-state index in [9.17, 15) is 4.79 Å². The van der Waals surface area contributed by atoms with Gasteiger partial charge in [0.15, 0.2) is 0 Å². The van der Waals surface area contributed by atoms with Crippen molar-refractivity contribution in [1.29, 1.82) is 0 Å². The van der Waals surface area contributed by atoms with Crippen LogP contribution in [0.3, 0.4) is 0 Å². The van der Waals surface area contributed by atoms with E-state index in [1.807, 2.05) is 30.3 Å². The average Bonchev–Trinajstić information content (AvgIpc) is 3.12. The molecule has 2 heterocycles. The number of carbonyl (C=O) groups is 1. The third-order valence-electron chi connectivity index (χ3n) is 5.31. The van der Waals surface area contributed by atoms with Crippen LogP contribution in [0.2, 0.25) is 0 Å². The van der Waals surface area contributed by atoms with E-state index in [0.29, 0.717) is 24.8 Å². The van der Waals surface area contributed by atoms with Crippen LogP contribution in [-0.2, 0) is 23.2 Å². The zero-order chi connectivity index (χ0) is 19.3.